The van der Waals surface area contributed by atoms with Gasteiger partial charge in [0, 0.05) is 29.5 Å². The van der Waals surface area contributed by atoms with Crippen LogP contribution < -0.4 is 0 Å². The highest BCUT2D eigenvalue weighted by molar-refractivity contribution is 5.94. The van der Waals surface area contributed by atoms with Gasteiger partial charge in [-0.2, -0.15) is 0 Å². The van der Waals surface area contributed by atoms with Crippen molar-refractivity contribution in [3.8, 4) is 11.3 Å². The van der Waals surface area contributed by atoms with E-state index < -0.39 is 0 Å². The Hall–Kier alpha value is -2.23. The van der Waals surface area contributed by atoms with Crippen LogP contribution in [0, 0.1) is 0 Å². The van der Waals surface area contributed by atoms with E-state index >= 15 is 0 Å². The molecule has 0 atom stereocenters. The van der Waals surface area contributed by atoms with Gasteiger partial charge in [0.25, 0.3) is 0 Å². The number of hydrogen-bond acceptors (Lipinski definition) is 3. The fourth-order valence-electron chi connectivity index (χ4n) is 2.07. The van der Waals surface area contributed by atoms with Crippen molar-refractivity contribution in [1.29, 1.82) is 0 Å². The zero-order valence-electron chi connectivity index (χ0n) is 9.51. The van der Waals surface area contributed by atoms with E-state index in [2.05, 4.69) is 32.9 Å². The molecule has 84 valence electrons. The molecule has 0 bridgehead atoms. The van der Waals surface area contributed by atoms with Gasteiger partial charge in [0.2, 0.25) is 0 Å². The first kappa shape index (κ1) is 9.96. The molecule has 0 amide bonds. The zero-order chi connectivity index (χ0) is 11.7. The number of H-pyrrole nitrogens is 1. The summed E-state index contributed by atoms with van der Waals surface area (Å²) in [6, 6.07) is 3.97. The highest BCUT2D eigenvalue weighted by Gasteiger charge is 2.10. The maximum absolute atomic E-state index is 4.34. The van der Waals surface area contributed by atoms with Crippen molar-refractivity contribution in [3.63, 3.8) is 0 Å². The van der Waals surface area contributed by atoms with Gasteiger partial charge in [-0.15, -0.1) is 0 Å². The van der Waals surface area contributed by atoms with E-state index in [0.29, 0.717) is 0 Å². The van der Waals surface area contributed by atoms with Gasteiger partial charge in [-0.25, -0.2) is 15.0 Å². The van der Waals surface area contributed by atoms with Crippen LogP contribution in [0.2, 0.25) is 0 Å². The quantitative estimate of drug-likeness (QED) is 0.727. The molecule has 3 aromatic rings. The summed E-state index contributed by atoms with van der Waals surface area (Å²) in [7, 11) is 0. The minimum atomic E-state index is 0.915. The summed E-state index contributed by atoms with van der Waals surface area (Å²) in [5.41, 5.74) is 4.21. The Morgan fingerprint density at radius 1 is 1.18 bits per heavy atom. The first-order valence-electron chi connectivity index (χ1n) is 5.61. The summed E-state index contributed by atoms with van der Waals surface area (Å²) < 4.78 is 0. The molecule has 4 heteroatoms. The summed E-state index contributed by atoms with van der Waals surface area (Å²) in [6.07, 6.45) is 8.09. The Morgan fingerprint density at radius 2 is 2.12 bits per heavy atom. The monoisotopic (exact) mass is 224 g/mol. The number of aromatic amines is 1. The number of aryl methyl sites for hydroxylation is 1. The molecule has 0 aromatic carbocycles. The van der Waals surface area contributed by atoms with Crippen LogP contribution >= 0.6 is 0 Å². The SMILES string of the molecule is CCc1ccnc2[nH]cc(-c3ccncn3)c12. The Morgan fingerprint density at radius 3 is 2.88 bits per heavy atom. The molecule has 3 aromatic heterocycles. The van der Waals surface area contributed by atoms with Crippen molar-refractivity contribution in [2.75, 3.05) is 0 Å². The van der Waals surface area contributed by atoms with Crippen molar-refractivity contribution >= 4 is 11.0 Å². The molecule has 3 rings (SSSR count). The second-order valence-electron chi connectivity index (χ2n) is 3.84. The van der Waals surface area contributed by atoms with E-state index in [0.717, 1.165) is 28.7 Å². The molecule has 0 aliphatic heterocycles. The Balaban J connectivity index is 2.31. The highest BCUT2D eigenvalue weighted by atomic mass is 14.9. The molecule has 1 N–H and O–H groups in total. The lowest BCUT2D eigenvalue weighted by Gasteiger charge is -2.02. The molecule has 0 unspecified atom stereocenters. The molecule has 3 heterocycles. The molecular formula is C13H12N4. The maximum Gasteiger partial charge on any atom is 0.138 e. The van der Waals surface area contributed by atoms with Crippen LogP contribution in [-0.4, -0.2) is 19.9 Å². The van der Waals surface area contributed by atoms with Crippen molar-refractivity contribution < 1.29 is 0 Å². The average molecular weight is 224 g/mol. The van der Waals surface area contributed by atoms with Gasteiger partial charge in [0.05, 0.1) is 5.69 Å². The first-order valence-corrected chi connectivity index (χ1v) is 5.61. The fourth-order valence-corrected chi connectivity index (χ4v) is 2.07. The van der Waals surface area contributed by atoms with Gasteiger partial charge in [-0.05, 0) is 24.1 Å². The van der Waals surface area contributed by atoms with Gasteiger partial charge >= 0.3 is 0 Å². The minimum absolute atomic E-state index is 0.915. The number of rotatable bonds is 2. The fraction of sp³-hybridized carbons (Fsp3) is 0.154. The molecule has 0 aliphatic carbocycles. The van der Waals surface area contributed by atoms with Gasteiger partial charge in [0.15, 0.2) is 0 Å². The van der Waals surface area contributed by atoms with E-state index in [1.165, 1.54) is 5.56 Å². The van der Waals surface area contributed by atoms with E-state index in [9.17, 15) is 0 Å². The Kier molecular flexibility index (Phi) is 2.33. The van der Waals surface area contributed by atoms with Crippen LogP contribution in [0.4, 0.5) is 0 Å². The average Bonchev–Trinajstić information content (AvgIpc) is 2.83. The first-order chi connectivity index (χ1) is 8.40. The molecule has 0 saturated heterocycles. The van der Waals surface area contributed by atoms with Gasteiger partial charge < -0.3 is 4.98 Å². The largest absolute Gasteiger partial charge is 0.345 e. The lowest BCUT2D eigenvalue weighted by Crippen LogP contribution is -1.87. The molecule has 0 aliphatic rings. The highest BCUT2D eigenvalue weighted by Crippen LogP contribution is 2.28. The van der Waals surface area contributed by atoms with E-state index in [1.54, 1.807) is 12.5 Å². The maximum atomic E-state index is 4.34. The third kappa shape index (κ3) is 1.58. The Labute approximate surface area is 98.8 Å². The molecule has 0 fully saturated rings. The summed E-state index contributed by atoms with van der Waals surface area (Å²) in [5.74, 6) is 0. The molecular weight excluding hydrogens is 212 g/mol. The van der Waals surface area contributed by atoms with Gasteiger partial charge in [-0.3, -0.25) is 0 Å². The smallest absolute Gasteiger partial charge is 0.138 e. The van der Waals surface area contributed by atoms with Crippen LogP contribution in [0.3, 0.4) is 0 Å². The summed E-state index contributed by atoms with van der Waals surface area (Å²) in [4.78, 5) is 15.8. The van der Waals surface area contributed by atoms with E-state index in [4.69, 9.17) is 0 Å². The number of nitrogens with zero attached hydrogens (tertiary/aromatic N) is 3. The van der Waals surface area contributed by atoms with Crippen molar-refractivity contribution in [2.24, 2.45) is 0 Å². The molecule has 0 saturated carbocycles. The van der Waals surface area contributed by atoms with Gasteiger partial charge in [-0.1, -0.05) is 6.92 Å². The number of nitrogens with one attached hydrogen (secondary N) is 1. The van der Waals surface area contributed by atoms with Crippen molar-refractivity contribution in [3.05, 3.63) is 42.6 Å². The van der Waals surface area contributed by atoms with Crippen molar-refractivity contribution in [2.45, 2.75) is 13.3 Å². The van der Waals surface area contributed by atoms with Crippen LogP contribution in [0.5, 0.6) is 0 Å². The minimum Gasteiger partial charge on any atom is -0.345 e. The predicted molar refractivity (Wildman–Crippen MR) is 66.5 cm³/mol. The molecule has 0 radical (unpaired) electrons. The summed E-state index contributed by atoms with van der Waals surface area (Å²) in [6.45, 7) is 2.14. The van der Waals surface area contributed by atoms with Crippen LogP contribution in [-0.2, 0) is 6.42 Å². The molecule has 17 heavy (non-hydrogen) atoms. The standard InChI is InChI=1S/C13H12N4/c1-2-9-3-6-15-13-12(9)10(7-16-13)11-4-5-14-8-17-11/h3-8H,2H2,1H3,(H,15,16). The Bertz CT molecular complexity index is 643. The summed E-state index contributed by atoms with van der Waals surface area (Å²) in [5, 5.41) is 1.16. The van der Waals surface area contributed by atoms with Crippen molar-refractivity contribution in [1.82, 2.24) is 19.9 Å². The third-order valence-corrected chi connectivity index (χ3v) is 2.90. The normalized spacial score (nSPS) is 10.9. The van der Waals surface area contributed by atoms with E-state index in [-0.39, 0.29) is 0 Å². The lowest BCUT2D eigenvalue weighted by molar-refractivity contribution is 1.14. The summed E-state index contributed by atoms with van der Waals surface area (Å²) >= 11 is 0. The number of pyridine rings is 1. The number of hydrogen-bond donors (Lipinski definition) is 1. The van der Waals surface area contributed by atoms with Crippen LogP contribution in [0.15, 0.2) is 37.1 Å². The van der Waals surface area contributed by atoms with Crippen LogP contribution in [0.1, 0.15) is 12.5 Å². The second kappa shape index (κ2) is 3.97. The predicted octanol–water partition coefficient (Wildman–Crippen LogP) is 2.58. The molecule has 0 spiro atoms. The molecule has 4 nitrogen and oxygen atoms in total. The third-order valence-electron chi connectivity index (χ3n) is 2.90. The van der Waals surface area contributed by atoms with Gasteiger partial charge in [0.1, 0.15) is 12.0 Å². The number of aromatic nitrogens is 4. The van der Waals surface area contributed by atoms with E-state index in [1.807, 2.05) is 18.5 Å². The number of fused-ring (bicyclic) bond motifs is 1. The second-order valence-corrected chi connectivity index (χ2v) is 3.84. The topological polar surface area (TPSA) is 54.5 Å². The lowest BCUT2D eigenvalue weighted by atomic mass is 10.1. The van der Waals surface area contributed by atoms with Crippen LogP contribution in [0.25, 0.3) is 22.3 Å². The zero-order valence-corrected chi connectivity index (χ0v) is 9.51.